The Kier molecular flexibility index (Phi) is 7.19. The van der Waals surface area contributed by atoms with E-state index >= 15 is 0 Å². The number of amides is 1. The van der Waals surface area contributed by atoms with E-state index in [9.17, 15) is 4.79 Å². The van der Waals surface area contributed by atoms with E-state index in [-0.39, 0.29) is 5.91 Å². The van der Waals surface area contributed by atoms with Gasteiger partial charge in [0.2, 0.25) is 0 Å². The van der Waals surface area contributed by atoms with Crippen molar-refractivity contribution in [2.24, 2.45) is 0 Å². The molecule has 0 spiro atoms. The summed E-state index contributed by atoms with van der Waals surface area (Å²) in [6.07, 6.45) is 0. The van der Waals surface area contributed by atoms with Crippen LogP contribution in [0.4, 0.5) is 0 Å². The van der Waals surface area contributed by atoms with E-state index in [0.717, 1.165) is 17.1 Å². The van der Waals surface area contributed by atoms with Gasteiger partial charge in [0.05, 0.1) is 6.61 Å². The molecule has 3 nitrogen and oxygen atoms in total. The highest BCUT2D eigenvalue weighted by Crippen LogP contribution is 2.18. The Hall–Kier alpha value is -2.43. The molecule has 0 heterocycles. The quantitative estimate of drug-likeness (QED) is 0.406. The second-order valence-corrected chi connectivity index (χ2v) is 7.45. The number of thioether (sulfide) groups is 1. The van der Waals surface area contributed by atoms with Gasteiger partial charge < -0.3 is 10.1 Å². The molecule has 5 heteroatoms. The number of halogens is 1. The first-order valence-electron chi connectivity index (χ1n) is 8.64. The van der Waals surface area contributed by atoms with Crippen LogP contribution in [0.2, 0.25) is 5.02 Å². The average molecular weight is 398 g/mol. The first kappa shape index (κ1) is 19.3. The number of benzene rings is 3. The van der Waals surface area contributed by atoms with Crippen molar-refractivity contribution in [3.63, 3.8) is 0 Å². The first-order valence-corrected chi connectivity index (χ1v) is 10.0. The maximum absolute atomic E-state index is 12.2. The highest BCUT2D eigenvalue weighted by Gasteiger charge is 2.06. The predicted molar refractivity (Wildman–Crippen MR) is 112 cm³/mol. The van der Waals surface area contributed by atoms with Crippen molar-refractivity contribution in [2.75, 3.05) is 12.4 Å². The van der Waals surface area contributed by atoms with E-state index in [0.29, 0.717) is 23.7 Å². The van der Waals surface area contributed by atoms with Crippen LogP contribution in [0.15, 0.2) is 83.8 Å². The summed E-state index contributed by atoms with van der Waals surface area (Å²) >= 11 is 7.62. The molecule has 0 radical (unpaired) electrons. The maximum Gasteiger partial charge on any atom is 0.251 e. The zero-order chi connectivity index (χ0) is 18.9. The normalized spacial score (nSPS) is 10.4. The van der Waals surface area contributed by atoms with Crippen LogP contribution in [0.3, 0.4) is 0 Å². The fraction of sp³-hybridized carbons (Fsp3) is 0.136. The zero-order valence-corrected chi connectivity index (χ0v) is 16.3. The van der Waals surface area contributed by atoms with Crippen molar-refractivity contribution >= 4 is 29.3 Å². The highest BCUT2D eigenvalue weighted by molar-refractivity contribution is 7.99. The standard InChI is InChI=1S/C22H20ClNO2S/c23-19-10-6-17(7-11-19)16-24-22(25)18-8-12-20(13-9-18)26-14-15-27-21-4-2-1-3-5-21/h1-13H,14-16H2,(H,24,25). The number of hydrogen-bond donors (Lipinski definition) is 1. The lowest BCUT2D eigenvalue weighted by Gasteiger charge is -2.08. The number of carbonyl (C=O) groups is 1. The van der Waals surface area contributed by atoms with Gasteiger partial charge >= 0.3 is 0 Å². The van der Waals surface area contributed by atoms with Gasteiger partial charge in [-0.05, 0) is 54.1 Å². The second kappa shape index (κ2) is 10.0. The zero-order valence-electron chi connectivity index (χ0n) is 14.7. The Labute approximate surface area is 168 Å². The Bertz CT molecular complexity index is 852. The third-order valence-corrected chi connectivity index (χ3v) is 5.08. The summed E-state index contributed by atoms with van der Waals surface area (Å²) < 4.78 is 5.74. The fourth-order valence-electron chi connectivity index (χ4n) is 2.42. The lowest BCUT2D eigenvalue weighted by molar-refractivity contribution is 0.0951. The molecule has 0 unspecified atom stereocenters. The summed E-state index contributed by atoms with van der Waals surface area (Å²) in [5.74, 6) is 1.52. The minimum atomic E-state index is -0.115. The van der Waals surface area contributed by atoms with Gasteiger partial charge in [0.25, 0.3) is 5.91 Å². The molecule has 138 valence electrons. The minimum absolute atomic E-state index is 0.115. The van der Waals surface area contributed by atoms with E-state index in [1.807, 2.05) is 54.6 Å². The molecule has 0 saturated heterocycles. The molecule has 1 N–H and O–H groups in total. The Morgan fingerprint density at radius 2 is 1.63 bits per heavy atom. The maximum atomic E-state index is 12.2. The van der Waals surface area contributed by atoms with Crippen LogP contribution in [-0.2, 0) is 6.54 Å². The molecule has 0 bridgehead atoms. The van der Waals surface area contributed by atoms with Crippen LogP contribution < -0.4 is 10.1 Å². The van der Waals surface area contributed by atoms with Crippen LogP contribution in [-0.4, -0.2) is 18.3 Å². The summed E-state index contributed by atoms with van der Waals surface area (Å²) in [5.41, 5.74) is 1.61. The average Bonchev–Trinajstić information content (AvgIpc) is 2.72. The summed E-state index contributed by atoms with van der Waals surface area (Å²) in [7, 11) is 0. The van der Waals surface area contributed by atoms with Gasteiger partial charge in [0, 0.05) is 27.8 Å². The van der Waals surface area contributed by atoms with Gasteiger partial charge in [-0.15, -0.1) is 11.8 Å². The molecular weight excluding hydrogens is 378 g/mol. The lowest BCUT2D eigenvalue weighted by Crippen LogP contribution is -2.22. The molecule has 0 fully saturated rings. The van der Waals surface area contributed by atoms with Gasteiger partial charge in [0.15, 0.2) is 0 Å². The van der Waals surface area contributed by atoms with Gasteiger partial charge in [-0.2, -0.15) is 0 Å². The molecule has 0 saturated carbocycles. The smallest absolute Gasteiger partial charge is 0.251 e. The van der Waals surface area contributed by atoms with Crippen molar-refractivity contribution < 1.29 is 9.53 Å². The largest absolute Gasteiger partial charge is 0.493 e. The van der Waals surface area contributed by atoms with Crippen LogP contribution in [0.1, 0.15) is 15.9 Å². The third kappa shape index (κ3) is 6.35. The molecule has 0 aromatic heterocycles. The van der Waals surface area contributed by atoms with E-state index in [4.69, 9.17) is 16.3 Å². The van der Waals surface area contributed by atoms with Gasteiger partial charge in [-0.25, -0.2) is 0 Å². The second-order valence-electron chi connectivity index (χ2n) is 5.84. The van der Waals surface area contributed by atoms with Crippen molar-refractivity contribution in [1.82, 2.24) is 5.32 Å². The number of hydrogen-bond acceptors (Lipinski definition) is 3. The molecule has 3 aromatic carbocycles. The first-order chi connectivity index (χ1) is 13.2. The summed E-state index contributed by atoms with van der Waals surface area (Å²) in [6, 6.07) is 24.8. The van der Waals surface area contributed by atoms with Gasteiger partial charge in [0.1, 0.15) is 5.75 Å². The van der Waals surface area contributed by atoms with Gasteiger partial charge in [-0.3, -0.25) is 4.79 Å². The molecule has 0 aliphatic carbocycles. The Morgan fingerprint density at radius 1 is 0.926 bits per heavy atom. The Morgan fingerprint density at radius 3 is 2.33 bits per heavy atom. The van der Waals surface area contributed by atoms with Crippen molar-refractivity contribution in [3.05, 3.63) is 95.0 Å². The molecule has 0 aliphatic rings. The monoisotopic (exact) mass is 397 g/mol. The molecular formula is C22H20ClNO2S. The Balaban J connectivity index is 1.42. The van der Waals surface area contributed by atoms with Crippen LogP contribution >= 0.6 is 23.4 Å². The highest BCUT2D eigenvalue weighted by atomic mass is 35.5. The number of nitrogens with one attached hydrogen (secondary N) is 1. The fourth-order valence-corrected chi connectivity index (χ4v) is 3.30. The van der Waals surface area contributed by atoms with Gasteiger partial charge in [-0.1, -0.05) is 41.9 Å². The SMILES string of the molecule is O=C(NCc1ccc(Cl)cc1)c1ccc(OCCSc2ccccc2)cc1. The lowest BCUT2D eigenvalue weighted by atomic mass is 10.2. The molecule has 1 amide bonds. The summed E-state index contributed by atoms with van der Waals surface area (Å²) in [4.78, 5) is 13.5. The van der Waals surface area contributed by atoms with Crippen LogP contribution in [0, 0.1) is 0 Å². The molecule has 3 rings (SSSR count). The summed E-state index contributed by atoms with van der Waals surface area (Å²) in [5, 5.41) is 3.58. The van der Waals surface area contributed by atoms with E-state index < -0.39 is 0 Å². The van der Waals surface area contributed by atoms with Crippen molar-refractivity contribution in [1.29, 1.82) is 0 Å². The van der Waals surface area contributed by atoms with Crippen molar-refractivity contribution in [3.8, 4) is 5.75 Å². The van der Waals surface area contributed by atoms with Crippen molar-refractivity contribution in [2.45, 2.75) is 11.4 Å². The van der Waals surface area contributed by atoms with E-state index in [2.05, 4.69) is 17.4 Å². The van der Waals surface area contributed by atoms with Crippen LogP contribution in [0.5, 0.6) is 5.75 Å². The minimum Gasteiger partial charge on any atom is -0.493 e. The number of ether oxygens (including phenoxy) is 1. The molecule has 3 aromatic rings. The third-order valence-electron chi connectivity index (χ3n) is 3.85. The number of rotatable bonds is 8. The molecule has 0 atom stereocenters. The van der Waals surface area contributed by atoms with Crippen LogP contribution in [0.25, 0.3) is 0 Å². The topological polar surface area (TPSA) is 38.3 Å². The predicted octanol–water partition coefficient (Wildman–Crippen LogP) is 5.44. The molecule has 27 heavy (non-hydrogen) atoms. The molecule has 0 aliphatic heterocycles. The van der Waals surface area contributed by atoms with E-state index in [1.54, 1.807) is 23.9 Å². The number of carbonyl (C=O) groups excluding carboxylic acids is 1. The summed E-state index contributed by atoms with van der Waals surface area (Å²) in [6.45, 7) is 1.08. The van der Waals surface area contributed by atoms with E-state index in [1.165, 1.54) is 4.90 Å².